The van der Waals surface area contributed by atoms with Gasteiger partial charge in [-0.05, 0) is 31.4 Å². The van der Waals surface area contributed by atoms with Crippen LogP contribution in [0.25, 0.3) is 0 Å². The second-order valence-corrected chi connectivity index (χ2v) is 7.39. The molecule has 29 heavy (non-hydrogen) atoms. The number of alkyl halides is 3. The lowest BCUT2D eigenvalue weighted by Crippen LogP contribution is -2.46. The van der Waals surface area contributed by atoms with E-state index in [9.17, 15) is 13.2 Å². The molecule has 1 unspecified atom stereocenters. The highest BCUT2D eigenvalue weighted by Crippen LogP contribution is 2.33. The van der Waals surface area contributed by atoms with E-state index in [1.165, 1.54) is 37.9 Å². The van der Waals surface area contributed by atoms with Gasteiger partial charge in [-0.15, -0.1) is 24.0 Å². The highest BCUT2D eigenvalue weighted by molar-refractivity contribution is 14.0. The number of likely N-dealkylation sites (tertiary alicyclic amines) is 1. The van der Waals surface area contributed by atoms with Crippen molar-refractivity contribution in [2.75, 3.05) is 38.5 Å². The van der Waals surface area contributed by atoms with E-state index < -0.39 is 11.7 Å². The first-order chi connectivity index (χ1) is 13.5. The van der Waals surface area contributed by atoms with Crippen molar-refractivity contribution in [1.29, 1.82) is 0 Å². The van der Waals surface area contributed by atoms with Crippen molar-refractivity contribution in [3.8, 4) is 0 Å². The van der Waals surface area contributed by atoms with Crippen molar-refractivity contribution in [3.63, 3.8) is 0 Å². The lowest BCUT2D eigenvalue weighted by atomic mass is 10.2. The summed E-state index contributed by atoms with van der Waals surface area (Å²) in [5.74, 6) is 0.528. The molecule has 1 saturated heterocycles. The van der Waals surface area contributed by atoms with Crippen molar-refractivity contribution in [2.45, 2.75) is 50.4 Å². The molecule has 1 saturated carbocycles. The summed E-state index contributed by atoms with van der Waals surface area (Å²) in [6.07, 6.45) is 3.29. The second-order valence-electron chi connectivity index (χ2n) is 7.39. The Kier molecular flexibility index (Phi) is 9.25. The van der Waals surface area contributed by atoms with E-state index in [2.05, 4.69) is 30.8 Å². The lowest BCUT2D eigenvalue weighted by molar-refractivity contribution is -0.137. The summed E-state index contributed by atoms with van der Waals surface area (Å²) >= 11 is 0. The van der Waals surface area contributed by atoms with Gasteiger partial charge in [-0.25, -0.2) is 4.98 Å². The minimum atomic E-state index is -4.42. The molecule has 0 bridgehead atoms. The molecule has 3 N–H and O–H groups in total. The smallest absolute Gasteiger partial charge is 0.368 e. The average Bonchev–Trinajstić information content (AvgIpc) is 3.35. The number of anilines is 1. The number of hydrogen-bond acceptors (Lipinski definition) is 4. The highest BCUT2D eigenvalue weighted by Gasteiger charge is 2.34. The summed E-state index contributed by atoms with van der Waals surface area (Å²) in [7, 11) is 1.70. The van der Waals surface area contributed by atoms with Crippen molar-refractivity contribution in [1.82, 2.24) is 20.5 Å². The Morgan fingerprint density at radius 1 is 1.24 bits per heavy atom. The first kappa shape index (κ1) is 24.0. The average molecular weight is 526 g/mol. The van der Waals surface area contributed by atoms with Crippen molar-refractivity contribution >= 4 is 35.8 Å². The molecule has 0 amide bonds. The Morgan fingerprint density at radius 2 is 2.00 bits per heavy atom. The van der Waals surface area contributed by atoms with Crippen LogP contribution in [-0.4, -0.2) is 61.2 Å². The van der Waals surface area contributed by atoms with E-state index in [0.717, 1.165) is 31.6 Å². The van der Waals surface area contributed by atoms with Gasteiger partial charge in [0, 0.05) is 51.5 Å². The number of guanidine groups is 1. The van der Waals surface area contributed by atoms with Crippen LogP contribution in [0.2, 0.25) is 0 Å². The lowest BCUT2D eigenvalue weighted by Gasteiger charge is -2.24. The minimum Gasteiger partial charge on any atom is -0.368 e. The topological polar surface area (TPSA) is 64.6 Å². The van der Waals surface area contributed by atoms with Gasteiger partial charge >= 0.3 is 6.18 Å². The highest BCUT2D eigenvalue weighted by atomic mass is 127. The maximum absolute atomic E-state index is 13.0. The van der Waals surface area contributed by atoms with Gasteiger partial charge in [-0.1, -0.05) is 12.8 Å². The van der Waals surface area contributed by atoms with E-state index in [4.69, 9.17) is 0 Å². The van der Waals surface area contributed by atoms with Gasteiger partial charge in [-0.2, -0.15) is 13.2 Å². The molecule has 2 heterocycles. The molecule has 1 aromatic heterocycles. The van der Waals surface area contributed by atoms with Gasteiger partial charge in [0.05, 0.1) is 5.56 Å². The molecule has 0 aromatic carbocycles. The zero-order valence-electron chi connectivity index (χ0n) is 16.6. The zero-order valence-corrected chi connectivity index (χ0v) is 19.0. The number of aliphatic imine (C=N–C) groups is 1. The van der Waals surface area contributed by atoms with E-state index in [1.807, 2.05) is 0 Å². The zero-order chi connectivity index (χ0) is 20.0. The maximum atomic E-state index is 13.0. The SMILES string of the molecule is CN=C(NCCNc1ncccc1C(F)(F)F)NC1CCN(C2CCCC2)C1.I. The monoisotopic (exact) mass is 526 g/mol. The molecule has 1 aliphatic carbocycles. The number of halogens is 4. The molecular formula is C19H30F3IN6. The van der Waals surface area contributed by atoms with Crippen LogP contribution < -0.4 is 16.0 Å². The van der Waals surface area contributed by atoms with Gasteiger partial charge in [0.15, 0.2) is 5.96 Å². The maximum Gasteiger partial charge on any atom is 0.419 e. The Balaban J connectivity index is 0.00000300. The molecule has 1 atom stereocenters. The summed E-state index contributed by atoms with van der Waals surface area (Å²) < 4.78 is 38.9. The fraction of sp³-hybridized carbons (Fsp3) is 0.684. The third-order valence-corrected chi connectivity index (χ3v) is 5.45. The fourth-order valence-electron chi connectivity index (χ4n) is 4.03. The molecule has 3 rings (SSSR count). The van der Waals surface area contributed by atoms with Gasteiger partial charge < -0.3 is 16.0 Å². The molecule has 6 nitrogen and oxygen atoms in total. The largest absolute Gasteiger partial charge is 0.419 e. The summed E-state index contributed by atoms with van der Waals surface area (Å²) in [6.45, 7) is 2.87. The van der Waals surface area contributed by atoms with E-state index in [-0.39, 0.29) is 29.8 Å². The third kappa shape index (κ3) is 6.87. The quantitative estimate of drug-likeness (QED) is 0.230. The first-order valence-corrected chi connectivity index (χ1v) is 9.94. The third-order valence-electron chi connectivity index (χ3n) is 5.45. The molecule has 1 aliphatic heterocycles. The molecule has 2 aliphatic rings. The van der Waals surface area contributed by atoms with Crippen LogP contribution in [-0.2, 0) is 6.18 Å². The van der Waals surface area contributed by atoms with Crippen LogP contribution in [0, 0.1) is 0 Å². The minimum absolute atomic E-state index is 0. The first-order valence-electron chi connectivity index (χ1n) is 9.94. The number of rotatable bonds is 6. The number of nitrogens with one attached hydrogen (secondary N) is 3. The van der Waals surface area contributed by atoms with Crippen molar-refractivity contribution in [3.05, 3.63) is 23.9 Å². The van der Waals surface area contributed by atoms with Crippen LogP contribution in [0.1, 0.15) is 37.7 Å². The van der Waals surface area contributed by atoms with Crippen molar-refractivity contribution in [2.24, 2.45) is 4.99 Å². The van der Waals surface area contributed by atoms with Crippen molar-refractivity contribution < 1.29 is 13.2 Å². The molecular weight excluding hydrogens is 496 g/mol. The fourth-order valence-corrected chi connectivity index (χ4v) is 4.03. The summed E-state index contributed by atoms with van der Waals surface area (Å²) in [4.78, 5) is 10.6. The Labute approximate surface area is 187 Å². The molecule has 0 spiro atoms. The Bertz CT molecular complexity index is 664. The molecule has 164 valence electrons. The van der Waals surface area contributed by atoms with E-state index in [1.54, 1.807) is 7.05 Å². The Hall–Kier alpha value is -1.30. The normalized spacial score (nSPS) is 21.1. The van der Waals surface area contributed by atoms with Crippen LogP contribution in [0.15, 0.2) is 23.3 Å². The molecule has 0 radical (unpaired) electrons. The van der Waals surface area contributed by atoms with E-state index >= 15 is 0 Å². The summed E-state index contributed by atoms with van der Waals surface area (Å²) in [6, 6.07) is 3.40. The molecule has 2 fully saturated rings. The standard InChI is InChI=1S/C19H29F3N6.HI/c1-23-18(27-14-8-12-28(13-14)15-5-2-3-6-15)26-11-10-25-17-16(19(20,21)22)7-4-9-24-17;/h4,7,9,14-15H,2-3,5-6,8,10-13H2,1H3,(H,24,25)(H2,23,26,27);1H. The van der Waals surface area contributed by atoms with Gasteiger partial charge in [-0.3, -0.25) is 9.89 Å². The number of pyridine rings is 1. The van der Waals surface area contributed by atoms with Crippen LogP contribution in [0.4, 0.5) is 19.0 Å². The van der Waals surface area contributed by atoms with Crippen LogP contribution in [0.5, 0.6) is 0 Å². The molecule has 10 heteroatoms. The van der Waals surface area contributed by atoms with Gasteiger partial charge in [0.2, 0.25) is 0 Å². The van der Waals surface area contributed by atoms with Crippen LogP contribution >= 0.6 is 24.0 Å². The van der Waals surface area contributed by atoms with Gasteiger partial charge in [0.25, 0.3) is 0 Å². The summed E-state index contributed by atoms with van der Waals surface area (Å²) in [5, 5.41) is 9.34. The predicted octanol–water partition coefficient (Wildman–Crippen LogP) is 3.31. The van der Waals surface area contributed by atoms with Crippen LogP contribution in [0.3, 0.4) is 0 Å². The number of aromatic nitrogens is 1. The summed E-state index contributed by atoms with van der Waals surface area (Å²) in [5.41, 5.74) is -0.754. The number of nitrogens with zero attached hydrogens (tertiary/aromatic N) is 3. The second kappa shape index (κ2) is 11.2. The number of hydrogen-bond donors (Lipinski definition) is 3. The van der Waals surface area contributed by atoms with Gasteiger partial charge in [0.1, 0.15) is 5.82 Å². The van der Waals surface area contributed by atoms with E-state index in [0.29, 0.717) is 25.1 Å². The molecule has 1 aromatic rings. The Morgan fingerprint density at radius 3 is 2.69 bits per heavy atom. The predicted molar refractivity (Wildman–Crippen MR) is 120 cm³/mol.